The minimum absolute atomic E-state index is 0.723. The molecule has 1 aliphatic heterocycles. The van der Waals surface area contributed by atoms with Gasteiger partial charge in [0.2, 0.25) is 0 Å². The minimum atomic E-state index is 0.723. The molecule has 114 valence electrons. The van der Waals surface area contributed by atoms with E-state index in [0.717, 1.165) is 31.6 Å². The van der Waals surface area contributed by atoms with Crippen LogP contribution in [0.25, 0.3) is 6.08 Å². The molecule has 0 N–H and O–H groups in total. The van der Waals surface area contributed by atoms with E-state index in [2.05, 4.69) is 53.5 Å². The smallest absolute Gasteiger partial charge is 0.0991 e. The van der Waals surface area contributed by atoms with Crippen LogP contribution in [0.1, 0.15) is 23.1 Å². The van der Waals surface area contributed by atoms with Crippen molar-refractivity contribution in [1.82, 2.24) is 4.90 Å². The van der Waals surface area contributed by atoms with Gasteiger partial charge in [0.05, 0.1) is 11.6 Å². The monoisotopic (exact) mass is 300 g/mol. The van der Waals surface area contributed by atoms with Gasteiger partial charge in [-0.25, -0.2) is 0 Å². The molecule has 0 aliphatic carbocycles. The molecule has 0 fully saturated rings. The zero-order chi connectivity index (χ0) is 15.9. The summed E-state index contributed by atoms with van der Waals surface area (Å²) in [5.74, 6) is 0. The number of benzene rings is 2. The zero-order valence-electron chi connectivity index (χ0n) is 13.2. The van der Waals surface area contributed by atoms with E-state index in [9.17, 15) is 0 Å². The van der Waals surface area contributed by atoms with Gasteiger partial charge in [0, 0.05) is 19.6 Å². The Labute approximate surface area is 138 Å². The highest BCUT2D eigenvalue weighted by atomic mass is 15.1. The number of rotatable bonds is 4. The van der Waals surface area contributed by atoms with Crippen LogP contribution in [0.2, 0.25) is 0 Å². The van der Waals surface area contributed by atoms with E-state index in [1.54, 1.807) is 0 Å². The maximum Gasteiger partial charge on any atom is 0.0991 e. The summed E-state index contributed by atoms with van der Waals surface area (Å²) in [6.07, 6.45) is 7.81. The van der Waals surface area contributed by atoms with Crippen molar-refractivity contribution >= 4 is 6.08 Å². The first-order valence-corrected chi connectivity index (χ1v) is 7.97. The molecule has 0 saturated heterocycles. The fraction of sp³-hybridized carbons (Fsp3) is 0.190. The standard InChI is InChI=1S/C21H20N2/c22-16-20-8-10-21(11-9-20)17-23-14-12-19(13-15-23)7-6-18-4-2-1-3-5-18/h1-12H,13-15,17H2/b7-6+. The van der Waals surface area contributed by atoms with Crippen molar-refractivity contribution in [2.45, 2.75) is 13.0 Å². The van der Waals surface area contributed by atoms with Crippen molar-refractivity contribution in [2.24, 2.45) is 0 Å². The fourth-order valence-electron chi connectivity index (χ4n) is 2.73. The molecule has 0 unspecified atom stereocenters. The lowest BCUT2D eigenvalue weighted by Crippen LogP contribution is -2.28. The second-order valence-corrected chi connectivity index (χ2v) is 5.82. The van der Waals surface area contributed by atoms with E-state index >= 15 is 0 Å². The topological polar surface area (TPSA) is 27.0 Å². The van der Waals surface area contributed by atoms with Crippen LogP contribution in [0, 0.1) is 11.3 Å². The quantitative estimate of drug-likeness (QED) is 0.836. The van der Waals surface area contributed by atoms with E-state index in [1.165, 1.54) is 16.7 Å². The molecule has 1 aliphatic rings. The molecule has 0 aromatic heterocycles. The summed E-state index contributed by atoms with van der Waals surface area (Å²) in [5, 5.41) is 8.84. The molecule has 1 heterocycles. The van der Waals surface area contributed by atoms with Gasteiger partial charge in [-0.2, -0.15) is 5.26 Å². The molecule has 23 heavy (non-hydrogen) atoms. The molecule has 0 radical (unpaired) electrons. The third-order valence-corrected chi connectivity index (χ3v) is 4.11. The van der Waals surface area contributed by atoms with Crippen molar-refractivity contribution in [3.05, 3.63) is 89.0 Å². The van der Waals surface area contributed by atoms with E-state index in [1.807, 2.05) is 30.3 Å². The molecule has 2 nitrogen and oxygen atoms in total. The lowest BCUT2D eigenvalue weighted by molar-refractivity contribution is 0.287. The van der Waals surface area contributed by atoms with Gasteiger partial charge >= 0.3 is 0 Å². The Bertz CT molecular complexity index is 734. The Balaban J connectivity index is 1.55. The predicted molar refractivity (Wildman–Crippen MR) is 94.6 cm³/mol. The Kier molecular flexibility index (Phi) is 5.03. The first-order chi connectivity index (χ1) is 11.3. The number of nitrogens with zero attached hydrogens (tertiary/aromatic N) is 2. The van der Waals surface area contributed by atoms with Gasteiger partial charge < -0.3 is 0 Å². The molecule has 0 bridgehead atoms. The van der Waals surface area contributed by atoms with Crippen molar-refractivity contribution in [3.63, 3.8) is 0 Å². The maximum absolute atomic E-state index is 8.84. The van der Waals surface area contributed by atoms with Crippen LogP contribution in [0.3, 0.4) is 0 Å². The zero-order valence-corrected chi connectivity index (χ0v) is 13.2. The SMILES string of the molecule is N#Cc1ccc(CN2CC=C(/C=C/c3ccccc3)CC2)cc1. The average molecular weight is 300 g/mol. The normalized spacial score (nSPS) is 15.3. The van der Waals surface area contributed by atoms with Crippen LogP contribution in [0.5, 0.6) is 0 Å². The summed E-state index contributed by atoms with van der Waals surface area (Å²) in [6, 6.07) is 20.5. The predicted octanol–water partition coefficient (Wildman–Crippen LogP) is 4.40. The first kappa shape index (κ1) is 15.3. The number of hydrogen-bond acceptors (Lipinski definition) is 2. The van der Waals surface area contributed by atoms with Crippen LogP contribution in [-0.4, -0.2) is 18.0 Å². The van der Waals surface area contributed by atoms with E-state index in [-0.39, 0.29) is 0 Å². The Morgan fingerprint density at radius 1 is 1.00 bits per heavy atom. The van der Waals surface area contributed by atoms with Crippen molar-refractivity contribution < 1.29 is 0 Å². The Morgan fingerprint density at radius 3 is 2.43 bits per heavy atom. The largest absolute Gasteiger partial charge is 0.295 e. The number of hydrogen-bond donors (Lipinski definition) is 0. The fourth-order valence-corrected chi connectivity index (χ4v) is 2.73. The molecule has 2 heteroatoms. The van der Waals surface area contributed by atoms with Gasteiger partial charge in [0.1, 0.15) is 0 Å². The van der Waals surface area contributed by atoms with Crippen LogP contribution in [0.15, 0.2) is 72.3 Å². The Morgan fingerprint density at radius 2 is 1.78 bits per heavy atom. The summed E-state index contributed by atoms with van der Waals surface area (Å²) in [5.41, 5.74) is 4.64. The van der Waals surface area contributed by atoms with Gasteiger partial charge in [-0.15, -0.1) is 0 Å². The van der Waals surface area contributed by atoms with Crippen LogP contribution in [-0.2, 0) is 6.54 Å². The van der Waals surface area contributed by atoms with Gasteiger partial charge in [-0.05, 0) is 35.3 Å². The maximum atomic E-state index is 8.84. The van der Waals surface area contributed by atoms with Crippen molar-refractivity contribution in [1.29, 1.82) is 5.26 Å². The van der Waals surface area contributed by atoms with E-state index in [0.29, 0.717) is 0 Å². The molecule has 0 spiro atoms. The van der Waals surface area contributed by atoms with E-state index in [4.69, 9.17) is 5.26 Å². The lowest BCUT2D eigenvalue weighted by Gasteiger charge is -2.25. The van der Waals surface area contributed by atoms with Crippen LogP contribution < -0.4 is 0 Å². The third-order valence-electron chi connectivity index (χ3n) is 4.11. The summed E-state index contributed by atoms with van der Waals surface area (Å²) < 4.78 is 0. The number of nitriles is 1. The molecule has 3 rings (SSSR count). The van der Waals surface area contributed by atoms with Crippen LogP contribution in [0.4, 0.5) is 0 Å². The molecule has 0 atom stereocenters. The van der Waals surface area contributed by atoms with Crippen molar-refractivity contribution in [3.8, 4) is 6.07 Å². The summed E-state index contributed by atoms with van der Waals surface area (Å²) in [6.45, 7) is 3.00. The summed E-state index contributed by atoms with van der Waals surface area (Å²) >= 11 is 0. The van der Waals surface area contributed by atoms with Gasteiger partial charge in [0.25, 0.3) is 0 Å². The van der Waals surface area contributed by atoms with Gasteiger partial charge in [0.15, 0.2) is 0 Å². The second-order valence-electron chi connectivity index (χ2n) is 5.82. The highest BCUT2D eigenvalue weighted by Gasteiger charge is 2.10. The van der Waals surface area contributed by atoms with Gasteiger partial charge in [-0.1, -0.05) is 60.7 Å². The average Bonchev–Trinajstić information content (AvgIpc) is 2.63. The molecule has 2 aromatic carbocycles. The van der Waals surface area contributed by atoms with Crippen molar-refractivity contribution in [2.75, 3.05) is 13.1 Å². The third kappa shape index (κ3) is 4.42. The lowest BCUT2D eigenvalue weighted by atomic mass is 10.1. The second kappa shape index (κ2) is 7.58. The minimum Gasteiger partial charge on any atom is -0.295 e. The molecular formula is C21H20N2. The first-order valence-electron chi connectivity index (χ1n) is 7.97. The summed E-state index contributed by atoms with van der Waals surface area (Å²) in [4.78, 5) is 2.43. The van der Waals surface area contributed by atoms with E-state index < -0.39 is 0 Å². The van der Waals surface area contributed by atoms with Gasteiger partial charge in [-0.3, -0.25) is 4.90 Å². The highest BCUT2D eigenvalue weighted by Crippen LogP contribution is 2.16. The highest BCUT2D eigenvalue weighted by molar-refractivity contribution is 5.52. The molecular weight excluding hydrogens is 280 g/mol. The summed E-state index contributed by atoms with van der Waals surface area (Å²) in [7, 11) is 0. The molecule has 2 aromatic rings. The Hall–Kier alpha value is -2.63. The van der Waals surface area contributed by atoms with Crippen LogP contribution >= 0.6 is 0 Å². The molecule has 0 amide bonds. The molecule has 0 saturated carbocycles. The number of allylic oxidation sites excluding steroid dienone is 1.